The fourth-order valence-electron chi connectivity index (χ4n) is 2.37. The minimum atomic E-state index is -0.178. The van der Waals surface area contributed by atoms with Crippen LogP contribution in [-0.2, 0) is 0 Å². The smallest absolute Gasteiger partial charge is 0.255 e. The van der Waals surface area contributed by atoms with E-state index in [1.165, 1.54) is 0 Å². The summed E-state index contributed by atoms with van der Waals surface area (Å²) in [5.41, 5.74) is 2.33. The van der Waals surface area contributed by atoms with E-state index >= 15 is 0 Å². The number of carbonyl (C=O) groups is 1. The Kier molecular flexibility index (Phi) is 2.57. The van der Waals surface area contributed by atoms with Gasteiger partial charge in [0.15, 0.2) is 11.5 Å². The standard InChI is InChI=1S/C16H12N2O3/c19-16(11-1-4-14-15(8-11)21-9-20-14)18-12-2-3-13-10(7-12)5-6-17-13/h1-8,17H,9H2,(H,18,19). The summed E-state index contributed by atoms with van der Waals surface area (Å²) in [6.07, 6.45) is 1.87. The summed E-state index contributed by atoms with van der Waals surface area (Å²) in [6.45, 7) is 0.199. The van der Waals surface area contributed by atoms with Gasteiger partial charge in [0.2, 0.25) is 6.79 Å². The summed E-state index contributed by atoms with van der Waals surface area (Å²) in [4.78, 5) is 15.4. The first-order chi connectivity index (χ1) is 10.3. The van der Waals surface area contributed by atoms with E-state index in [4.69, 9.17) is 9.47 Å². The van der Waals surface area contributed by atoms with Gasteiger partial charge in [-0.25, -0.2) is 0 Å². The van der Waals surface area contributed by atoms with Crippen molar-refractivity contribution in [1.82, 2.24) is 4.98 Å². The molecule has 0 saturated carbocycles. The normalized spacial score (nSPS) is 12.6. The van der Waals surface area contributed by atoms with E-state index in [1.807, 2.05) is 30.5 Å². The Morgan fingerprint density at radius 3 is 2.90 bits per heavy atom. The molecule has 104 valence electrons. The maximum Gasteiger partial charge on any atom is 0.255 e. The van der Waals surface area contributed by atoms with E-state index in [2.05, 4.69) is 10.3 Å². The Morgan fingerprint density at radius 2 is 1.95 bits per heavy atom. The number of fused-ring (bicyclic) bond motifs is 2. The van der Waals surface area contributed by atoms with Crippen molar-refractivity contribution >= 4 is 22.5 Å². The zero-order valence-electron chi connectivity index (χ0n) is 11.1. The number of nitrogens with one attached hydrogen (secondary N) is 2. The van der Waals surface area contributed by atoms with Crippen molar-refractivity contribution in [3.05, 3.63) is 54.2 Å². The molecule has 21 heavy (non-hydrogen) atoms. The number of benzene rings is 2. The van der Waals surface area contributed by atoms with Gasteiger partial charge in [0.05, 0.1) is 0 Å². The summed E-state index contributed by atoms with van der Waals surface area (Å²) in [7, 11) is 0. The second kappa shape index (κ2) is 4.56. The van der Waals surface area contributed by atoms with Gasteiger partial charge in [-0.1, -0.05) is 0 Å². The van der Waals surface area contributed by atoms with Gasteiger partial charge >= 0.3 is 0 Å². The van der Waals surface area contributed by atoms with Gasteiger partial charge in [-0.05, 0) is 42.5 Å². The Balaban J connectivity index is 1.59. The number of aromatic amines is 1. The average Bonchev–Trinajstić information content (AvgIpc) is 3.14. The second-order valence-electron chi connectivity index (χ2n) is 4.80. The maximum atomic E-state index is 12.3. The lowest BCUT2D eigenvalue weighted by atomic mass is 10.1. The van der Waals surface area contributed by atoms with Crippen LogP contribution in [0.2, 0.25) is 0 Å². The van der Waals surface area contributed by atoms with Gasteiger partial charge in [-0.2, -0.15) is 0 Å². The molecule has 2 heterocycles. The fraction of sp³-hybridized carbons (Fsp3) is 0.0625. The molecule has 5 heteroatoms. The zero-order valence-corrected chi connectivity index (χ0v) is 11.1. The van der Waals surface area contributed by atoms with Crippen LogP contribution in [0.15, 0.2) is 48.7 Å². The summed E-state index contributed by atoms with van der Waals surface area (Å²) in [5.74, 6) is 1.09. The first-order valence-electron chi connectivity index (χ1n) is 6.58. The van der Waals surface area contributed by atoms with Crippen LogP contribution in [0.4, 0.5) is 5.69 Å². The molecule has 1 aliphatic rings. The molecule has 0 radical (unpaired) electrons. The fourth-order valence-corrected chi connectivity index (χ4v) is 2.37. The van der Waals surface area contributed by atoms with Gasteiger partial charge in [0, 0.05) is 28.4 Å². The third-order valence-corrected chi connectivity index (χ3v) is 3.45. The molecule has 5 nitrogen and oxygen atoms in total. The molecule has 2 N–H and O–H groups in total. The molecule has 1 aromatic heterocycles. The summed E-state index contributed by atoms with van der Waals surface area (Å²) < 4.78 is 10.5. The van der Waals surface area contributed by atoms with Crippen molar-refractivity contribution < 1.29 is 14.3 Å². The lowest BCUT2D eigenvalue weighted by Gasteiger charge is -2.06. The van der Waals surface area contributed by atoms with Crippen LogP contribution in [0, 0.1) is 0 Å². The zero-order chi connectivity index (χ0) is 14.2. The Hall–Kier alpha value is -2.95. The molecule has 0 saturated heterocycles. The van der Waals surface area contributed by atoms with Gasteiger partial charge in [-0.15, -0.1) is 0 Å². The molecule has 1 amide bonds. The molecule has 0 unspecified atom stereocenters. The van der Waals surface area contributed by atoms with Crippen LogP contribution in [0.25, 0.3) is 10.9 Å². The van der Waals surface area contributed by atoms with Gasteiger partial charge in [0.25, 0.3) is 5.91 Å². The van der Waals surface area contributed by atoms with Crippen LogP contribution in [-0.4, -0.2) is 17.7 Å². The van der Waals surface area contributed by atoms with Crippen molar-refractivity contribution in [2.75, 3.05) is 12.1 Å². The number of amides is 1. The van der Waals surface area contributed by atoms with Gasteiger partial charge in [0.1, 0.15) is 0 Å². The molecular formula is C16H12N2O3. The Morgan fingerprint density at radius 1 is 1.05 bits per heavy atom. The minimum absolute atomic E-state index is 0.178. The van der Waals surface area contributed by atoms with Crippen LogP contribution in [0.1, 0.15) is 10.4 Å². The summed E-state index contributed by atoms with van der Waals surface area (Å²) in [6, 6.07) is 12.8. The molecule has 0 aliphatic carbocycles. The van der Waals surface area contributed by atoms with Crippen LogP contribution >= 0.6 is 0 Å². The lowest BCUT2D eigenvalue weighted by molar-refractivity contribution is 0.102. The first kappa shape index (κ1) is 11.8. The molecule has 0 fully saturated rings. The number of hydrogen-bond acceptors (Lipinski definition) is 3. The molecule has 2 aromatic carbocycles. The topological polar surface area (TPSA) is 63.4 Å². The molecular weight excluding hydrogens is 268 g/mol. The van der Waals surface area contributed by atoms with Gasteiger partial charge < -0.3 is 19.8 Å². The molecule has 0 bridgehead atoms. The van der Waals surface area contributed by atoms with E-state index in [9.17, 15) is 4.79 Å². The third kappa shape index (κ3) is 2.08. The molecule has 0 spiro atoms. The van der Waals surface area contributed by atoms with E-state index in [0.717, 1.165) is 16.6 Å². The molecule has 0 atom stereocenters. The second-order valence-corrected chi connectivity index (χ2v) is 4.80. The number of aromatic nitrogens is 1. The number of ether oxygens (including phenoxy) is 2. The highest BCUT2D eigenvalue weighted by molar-refractivity contribution is 6.05. The Labute approximate surface area is 120 Å². The van der Waals surface area contributed by atoms with Gasteiger partial charge in [-0.3, -0.25) is 4.79 Å². The Bertz CT molecular complexity index is 838. The summed E-state index contributed by atoms with van der Waals surface area (Å²) >= 11 is 0. The number of anilines is 1. The maximum absolute atomic E-state index is 12.3. The molecule has 1 aliphatic heterocycles. The monoisotopic (exact) mass is 280 g/mol. The number of carbonyl (C=O) groups excluding carboxylic acids is 1. The lowest BCUT2D eigenvalue weighted by Crippen LogP contribution is -2.11. The third-order valence-electron chi connectivity index (χ3n) is 3.45. The molecule has 4 rings (SSSR count). The van der Waals surface area contributed by atoms with E-state index in [1.54, 1.807) is 18.2 Å². The van der Waals surface area contributed by atoms with Crippen LogP contribution < -0.4 is 14.8 Å². The van der Waals surface area contributed by atoms with Crippen molar-refractivity contribution in [3.63, 3.8) is 0 Å². The largest absolute Gasteiger partial charge is 0.454 e. The number of H-pyrrole nitrogens is 1. The SMILES string of the molecule is O=C(Nc1ccc2[nH]ccc2c1)c1ccc2c(c1)OCO2. The van der Waals surface area contributed by atoms with Crippen molar-refractivity contribution in [2.45, 2.75) is 0 Å². The van der Waals surface area contributed by atoms with Crippen LogP contribution in [0.3, 0.4) is 0 Å². The number of hydrogen-bond donors (Lipinski definition) is 2. The summed E-state index contributed by atoms with van der Waals surface area (Å²) in [5, 5.41) is 3.94. The highest BCUT2D eigenvalue weighted by atomic mass is 16.7. The number of rotatable bonds is 2. The first-order valence-corrected chi connectivity index (χ1v) is 6.58. The van der Waals surface area contributed by atoms with E-state index in [0.29, 0.717) is 17.1 Å². The van der Waals surface area contributed by atoms with Crippen molar-refractivity contribution in [1.29, 1.82) is 0 Å². The average molecular weight is 280 g/mol. The highest BCUT2D eigenvalue weighted by Gasteiger charge is 2.16. The predicted molar refractivity (Wildman–Crippen MR) is 78.8 cm³/mol. The van der Waals surface area contributed by atoms with E-state index in [-0.39, 0.29) is 12.7 Å². The van der Waals surface area contributed by atoms with Crippen molar-refractivity contribution in [2.24, 2.45) is 0 Å². The van der Waals surface area contributed by atoms with Crippen molar-refractivity contribution in [3.8, 4) is 11.5 Å². The highest BCUT2D eigenvalue weighted by Crippen LogP contribution is 2.32. The van der Waals surface area contributed by atoms with Crippen LogP contribution in [0.5, 0.6) is 11.5 Å². The van der Waals surface area contributed by atoms with E-state index < -0.39 is 0 Å². The quantitative estimate of drug-likeness (QED) is 0.758. The predicted octanol–water partition coefficient (Wildman–Crippen LogP) is 3.15. The molecule has 3 aromatic rings. The minimum Gasteiger partial charge on any atom is -0.454 e.